The van der Waals surface area contributed by atoms with E-state index in [1.165, 1.54) is 43.5 Å². The number of benzene rings is 1. The molecule has 0 aliphatic rings. The highest BCUT2D eigenvalue weighted by Gasteiger charge is 2.16. The molecule has 0 radical (unpaired) electrons. The number of nitro benzene ring substituents is 1. The van der Waals surface area contributed by atoms with Crippen molar-refractivity contribution in [3.05, 3.63) is 57.2 Å². The Morgan fingerprint density at radius 3 is 2.65 bits per heavy atom. The Bertz CT molecular complexity index is 671. The van der Waals surface area contributed by atoms with Crippen molar-refractivity contribution in [2.24, 2.45) is 0 Å². The van der Waals surface area contributed by atoms with Gasteiger partial charge >= 0.3 is 5.69 Å². The number of nitrogens with zero attached hydrogens (tertiary/aromatic N) is 2. The summed E-state index contributed by atoms with van der Waals surface area (Å²) in [5, 5.41) is 11.1. The molecule has 0 saturated carbocycles. The van der Waals surface area contributed by atoms with Gasteiger partial charge in [0.25, 0.3) is 0 Å². The molecule has 0 aliphatic heterocycles. The third-order valence-electron chi connectivity index (χ3n) is 2.48. The number of halogens is 1. The molecular formula is C13H9ClN2O4. The Balaban J connectivity index is 2.30. The van der Waals surface area contributed by atoms with Crippen molar-refractivity contribution in [2.45, 2.75) is 6.92 Å². The number of ether oxygens (including phenoxy) is 1. The highest BCUT2D eigenvalue weighted by atomic mass is 35.5. The molecule has 2 rings (SSSR count). The van der Waals surface area contributed by atoms with E-state index in [0.717, 1.165) is 0 Å². The van der Waals surface area contributed by atoms with Gasteiger partial charge < -0.3 is 4.74 Å². The average Bonchev–Trinajstić information content (AvgIpc) is 2.41. The summed E-state index contributed by atoms with van der Waals surface area (Å²) >= 11 is 5.71. The molecule has 7 heteroatoms. The summed E-state index contributed by atoms with van der Waals surface area (Å²) < 4.78 is 5.34. The molecule has 6 nitrogen and oxygen atoms in total. The first-order chi connectivity index (χ1) is 9.47. The van der Waals surface area contributed by atoms with E-state index in [1.54, 1.807) is 0 Å². The largest absolute Gasteiger partial charge is 0.432 e. The fourth-order valence-corrected chi connectivity index (χ4v) is 1.65. The van der Waals surface area contributed by atoms with Crippen LogP contribution in [-0.2, 0) is 0 Å². The number of hydrogen-bond donors (Lipinski definition) is 0. The maximum absolute atomic E-state index is 11.1. The minimum absolute atomic E-state index is 0.0301. The van der Waals surface area contributed by atoms with E-state index in [4.69, 9.17) is 16.3 Å². The number of nitro groups is 1. The second-order valence-corrected chi connectivity index (χ2v) is 4.35. The van der Waals surface area contributed by atoms with Crippen LogP contribution in [-0.4, -0.2) is 15.7 Å². The molecule has 0 spiro atoms. The van der Waals surface area contributed by atoms with Crippen molar-refractivity contribution in [3.63, 3.8) is 0 Å². The summed E-state index contributed by atoms with van der Waals surface area (Å²) in [5.41, 5.74) is 0.179. The first kappa shape index (κ1) is 14.0. The Labute approximate surface area is 119 Å². The molecule has 0 amide bonds. The molecule has 0 saturated heterocycles. The molecule has 1 aromatic heterocycles. The quantitative estimate of drug-likeness (QED) is 0.488. The third-order valence-corrected chi connectivity index (χ3v) is 2.71. The number of carbonyl (C=O) groups excluding carboxylic acids is 1. The summed E-state index contributed by atoms with van der Waals surface area (Å²) in [6, 6.07) is 7.07. The lowest BCUT2D eigenvalue weighted by Crippen LogP contribution is -1.96. The first-order valence-electron chi connectivity index (χ1n) is 5.56. The van der Waals surface area contributed by atoms with Gasteiger partial charge in [0.2, 0.25) is 11.6 Å². The molecular weight excluding hydrogens is 284 g/mol. The molecule has 0 unspecified atom stereocenters. The van der Waals surface area contributed by atoms with Crippen molar-refractivity contribution < 1.29 is 14.5 Å². The molecule has 0 fully saturated rings. The van der Waals surface area contributed by atoms with Gasteiger partial charge in [0.05, 0.1) is 4.92 Å². The number of rotatable bonds is 4. The van der Waals surface area contributed by atoms with Gasteiger partial charge in [0.15, 0.2) is 5.78 Å². The molecule has 0 bridgehead atoms. The van der Waals surface area contributed by atoms with E-state index in [2.05, 4.69) is 4.98 Å². The molecule has 0 atom stereocenters. The van der Waals surface area contributed by atoms with Crippen LogP contribution in [0.1, 0.15) is 17.3 Å². The smallest absolute Gasteiger partial charge is 0.313 e. The zero-order chi connectivity index (χ0) is 14.7. The van der Waals surface area contributed by atoms with E-state index in [0.29, 0.717) is 5.56 Å². The highest BCUT2D eigenvalue weighted by Crippen LogP contribution is 2.32. The zero-order valence-corrected chi connectivity index (χ0v) is 11.1. The summed E-state index contributed by atoms with van der Waals surface area (Å²) in [5.74, 6) is 0.0596. The van der Waals surface area contributed by atoms with Gasteiger partial charge in [0, 0.05) is 28.9 Å². The predicted octanol–water partition coefficient (Wildman–Crippen LogP) is 3.64. The van der Waals surface area contributed by atoms with Crippen LogP contribution >= 0.6 is 11.6 Å². The Morgan fingerprint density at radius 1 is 1.35 bits per heavy atom. The van der Waals surface area contributed by atoms with Crippen LogP contribution in [0.3, 0.4) is 0 Å². The maximum atomic E-state index is 11.1. The van der Waals surface area contributed by atoms with E-state index < -0.39 is 4.92 Å². The lowest BCUT2D eigenvalue weighted by Gasteiger charge is -2.05. The lowest BCUT2D eigenvalue weighted by molar-refractivity contribution is -0.385. The monoisotopic (exact) mass is 292 g/mol. The van der Waals surface area contributed by atoms with Gasteiger partial charge in [-0.2, -0.15) is 0 Å². The normalized spacial score (nSPS) is 10.1. The van der Waals surface area contributed by atoms with E-state index >= 15 is 0 Å². The van der Waals surface area contributed by atoms with Crippen LogP contribution < -0.4 is 4.74 Å². The first-order valence-corrected chi connectivity index (χ1v) is 5.94. The minimum Gasteiger partial charge on any atom is -0.432 e. The SMILES string of the molecule is CC(=O)c1ccc(Oc2ccc(Cl)cc2[N+](=O)[O-])nc1. The number of pyridine rings is 1. The summed E-state index contributed by atoms with van der Waals surface area (Å²) in [6.07, 6.45) is 1.35. The van der Waals surface area contributed by atoms with Crippen LogP contribution in [0.25, 0.3) is 0 Å². The average molecular weight is 293 g/mol. The molecule has 1 aromatic carbocycles. The second kappa shape index (κ2) is 5.66. The van der Waals surface area contributed by atoms with Gasteiger partial charge in [-0.15, -0.1) is 0 Å². The number of aromatic nitrogens is 1. The maximum Gasteiger partial charge on any atom is 0.313 e. The van der Waals surface area contributed by atoms with Crippen molar-refractivity contribution in [1.29, 1.82) is 0 Å². The summed E-state index contributed by atoms with van der Waals surface area (Å²) in [4.78, 5) is 25.3. The fourth-order valence-electron chi connectivity index (χ4n) is 1.48. The van der Waals surface area contributed by atoms with Gasteiger partial charge in [-0.1, -0.05) is 11.6 Å². The van der Waals surface area contributed by atoms with Crippen molar-refractivity contribution in [1.82, 2.24) is 4.98 Å². The number of carbonyl (C=O) groups is 1. The van der Waals surface area contributed by atoms with Gasteiger partial charge in [-0.3, -0.25) is 14.9 Å². The fraction of sp³-hybridized carbons (Fsp3) is 0.0769. The molecule has 0 N–H and O–H groups in total. The number of hydrogen-bond acceptors (Lipinski definition) is 5. The second-order valence-electron chi connectivity index (χ2n) is 3.91. The van der Waals surface area contributed by atoms with Crippen LogP contribution in [0, 0.1) is 10.1 Å². The molecule has 20 heavy (non-hydrogen) atoms. The highest BCUT2D eigenvalue weighted by molar-refractivity contribution is 6.30. The number of ketones is 1. The standard InChI is InChI=1S/C13H9ClN2O4/c1-8(17)9-2-5-13(15-7-9)20-12-4-3-10(14)6-11(12)16(18)19/h2-7H,1H3. The summed E-state index contributed by atoms with van der Waals surface area (Å²) in [6.45, 7) is 1.42. The molecule has 2 aromatic rings. The minimum atomic E-state index is -0.592. The number of Topliss-reactive ketones (excluding diaryl/α,β-unsaturated/α-hetero) is 1. The predicted molar refractivity (Wildman–Crippen MR) is 72.4 cm³/mol. The van der Waals surface area contributed by atoms with Crippen molar-refractivity contribution in [2.75, 3.05) is 0 Å². The molecule has 102 valence electrons. The molecule has 1 heterocycles. The van der Waals surface area contributed by atoms with Gasteiger partial charge in [0.1, 0.15) is 0 Å². The van der Waals surface area contributed by atoms with Crippen molar-refractivity contribution >= 4 is 23.1 Å². The Hall–Kier alpha value is -2.47. The van der Waals surface area contributed by atoms with Crippen LogP contribution in [0.2, 0.25) is 5.02 Å². The Morgan fingerprint density at radius 2 is 2.10 bits per heavy atom. The summed E-state index contributed by atoms with van der Waals surface area (Å²) in [7, 11) is 0. The molecule has 0 aliphatic carbocycles. The van der Waals surface area contributed by atoms with Gasteiger partial charge in [-0.25, -0.2) is 4.98 Å². The lowest BCUT2D eigenvalue weighted by atomic mass is 10.2. The van der Waals surface area contributed by atoms with E-state index in [9.17, 15) is 14.9 Å². The van der Waals surface area contributed by atoms with Gasteiger partial charge in [-0.05, 0) is 25.1 Å². The Kier molecular flexibility index (Phi) is 3.95. The topological polar surface area (TPSA) is 82.3 Å². The van der Waals surface area contributed by atoms with E-state index in [-0.39, 0.29) is 28.1 Å². The van der Waals surface area contributed by atoms with Crippen molar-refractivity contribution in [3.8, 4) is 11.6 Å². The third kappa shape index (κ3) is 3.10. The van der Waals surface area contributed by atoms with Crippen LogP contribution in [0.5, 0.6) is 11.6 Å². The van der Waals surface area contributed by atoms with Crippen LogP contribution in [0.4, 0.5) is 5.69 Å². The zero-order valence-electron chi connectivity index (χ0n) is 10.4. The van der Waals surface area contributed by atoms with E-state index in [1.807, 2.05) is 0 Å². The van der Waals surface area contributed by atoms with Crippen LogP contribution in [0.15, 0.2) is 36.5 Å².